The van der Waals surface area contributed by atoms with Crippen LogP contribution >= 0.6 is 27.7 Å². The number of ether oxygens (including phenoxy) is 2. The van der Waals surface area contributed by atoms with Crippen LogP contribution in [0.2, 0.25) is 0 Å². The maximum absolute atomic E-state index is 12.9. The van der Waals surface area contributed by atoms with Crippen LogP contribution in [0.15, 0.2) is 32.6 Å². The van der Waals surface area contributed by atoms with Crippen LogP contribution in [-0.4, -0.2) is 42.2 Å². The van der Waals surface area contributed by atoms with Gasteiger partial charge in [-0.3, -0.25) is 9.36 Å². The zero-order valence-electron chi connectivity index (χ0n) is 14.1. The van der Waals surface area contributed by atoms with Crippen molar-refractivity contribution in [3.05, 3.63) is 33.0 Å². The van der Waals surface area contributed by atoms with Gasteiger partial charge in [-0.05, 0) is 38.0 Å². The van der Waals surface area contributed by atoms with Gasteiger partial charge in [0, 0.05) is 43.7 Å². The Bertz CT molecular complexity index is 721. The monoisotopic (exact) mass is 414 g/mol. The van der Waals surface area contributed by atoms with E-state index in [1.807, 2.05) is 25.1 Å². The molecular formula is C17H23BrN2O3S. The molecule has 0 saturated carbocycles. The molecule has 0 radical (unpaired) electrons. The molecule has 0 aliphatic carbocycles. The summed E-state index contributed by atoms with van der Waals surface area (Å²) in [5, 5.41) is 1.41. The van der Waals surface area contributed by atoms with E-state index in [0.29, 0.717) is 31.8 Å². The van der Waals surface area contributed by atoms with Crippen molar-refractivity contribution in [1.82, 2.24) is 9.55 Å². The second kappa shape index (κ2) is 10.2. The van der Waals surface area contributed by atoms with Crippen LogP contribution in [0.1, 0.15) is 19.8 Å². The number of thioether (sulfide) groups is 1. The van der Waals surface area contributed by atoms with Crippen LogP contribution in [0, 0.1) is 0 Å². The highest BCUT2D eigenvalue weighted by atomic mass is 79.9. The third-order valence-corrected chi connectivity index (χ3v) is 5.04. The van der Waals surface area contributed by atoms with E-state index in [9.17, 15) is 4.79 Å². The average molecular weight is 415 g/mol. The Kier molecular flexibility index (Phi) is 8.24. The molecule has 5 nitrogen and oxygen atoms in total. The van der Waals surface area contributed by atoms with Gasteiger partial charge in [-0.25, -0.2) is 4.98 Å². The molecule has 0 spiro atoms. The maximum Gasteiger partial charge on any atom is 0.262 e. The van der Waals surface area contributed by atoms with Crippen LogP contribution in [0.4, 0.5) is 0 Å². The Labute approximate surface area is 154 Å². The predicted molar refractivity (Wildman–Crippen MR) is 102 cm³/mol. The second-order valence-electron chi connectivity index (χ2n) is 5.26. The first kappa shape index (κ1) is 19.4. The fraction of sp³-hybridized carbons (Fsp3) is 0.529. The molecule has 2 aromatic rings. The SMILES string of the molecule is CCOCCCn1c(SCCCOC)nc2ccc(Br)cc2c1=O. The molecule has 0 aliphatic rings. The molecule has 1 aromatic heterocycles. The van der Waals surface area contributed by atoms with Gasteiger partial charge in [0.2, 0.25) is 0 Å². The first-order valence-corrected chi connectivity index (χ1v) is 9.84. The topological polar surface area (TPSA) is 53.4 Å². The van der Waals surface area contributed by atoms with Crippen molar-refractivity contribution >= 4 is 38.6 Å². The molecule has 7 heteroatoms. The number of nitrogens with zero attached hydrogens (tertiary/aromatic N) is 2. The minimum absolute atomic E-state index is 0.00652. The summed E-state index contributed by atoms with van der Waals surface area (Å²) in [6.07, 6.45) is 1.72. The number of methoxy groups -OCH3 is 1. The van der Waals surface area contributed by atoms with Gasteiger partial charge in [0.25, 0.3) is 5.56 Å². The number of fused-ring (bicyclic) bond motifs is 1. The Balaban J connectivity index is 2.29. The number of hydrogen-bond donors (Lipinski definition) is 0. The van der Waals surface area contributed by atoms with E-state index in [2.05, 4.69) is 15.9 Å². The summed E-state index contributed by atoms with van der Waals surface area (Å²) in [5.41, 5.74) is 0.741. The number of aromatic nitrogens is 2. The minimum atomic E-state index is 0.00652. The smallest absolute Gasteiger partial charge is 0.262 e. The molecule has 2 rings (SSSR count). The minimum Gasteiger partial charge on any atom is -0.385 e. The number of halogens is 1. The summed E-state index contributed by atoms with van der Waals surface area (Å²) in [6, 6.07) is 5.63. The van der Waals surface area contributed by atoms with E-state index in [0.717, 1.165) is 33.7 Å². The van der Waals surface area contributed by atoms with Crippen molar-refractivity contribution in [3.8, 4) is 0 Å². The molecule has 24 heavy (non-hydrogen) atoms. The normalized spacial score (nSPS) is 11.3. The van der Waals surface area contributed by atoms with Gasteiger partial charge in [-0.1, -0.05) is 27.7 Å². The van der Waals surface area contributed by atoms with Crippen LogP contribution in [0.5, 0.6) is 0 Å². The Morgan fingerprint density at radius 2 is 2.12 bits per heavy atom. The third-order valence-electron chi connectivity index (χ3n) is 3.48. The zero-order valence-corrected chi connectivity index (χ0v) is 16.5. The van der Waals surface area contributed by atoms with Crippen LogP contribution in [0.3, 0.4) is 0 Å². The Hall–Kier alpha value is -0.890. The van der Waals surface area contributed by atoms with Crippen molar-refractivity contribution in [1.29, 1.82) is 0 Å². The van der Waals surface area contributed by atoms with Crippen molar-refractivity contribution in [3.63, 3.8) is 0 Å². The molecule has 0 saturated heterocycles. The molecular weight excluding hydrogens is 392 g/mol. The fourth-order valence-corrected chi connectivity index (χ4v) is 3.61. The molecule has 0 amide bonds. The zero-order chi connectivity index (χ0) is 17.4. The lowest BCUT2D eigenvalue weighted by atomic mass is 10.2. The van der Waals surface area contributed by atoms with E-state index in [1.54, 1.807) is 23.4 Å². The Morgan fingerprint density at radius 1 is 1.29 bits per heavy atom. The summed E-state index contributed by atoms with van der Waals surface area (Å²) in [7, 11) is 1.69. The second-order valence-corrected chi connectivity index (χ2v) is 7.24. The maximum atomic E-state index is 12.9. The van der Waals surface area contributed by atoms with E-state index >= 15 is 0 Å². The first-order valence-electron chi connectivity index (χ1n) is 8.07. The highest BCUT2D eigenvalue weighted by Gasteiger charge is 2.12. The molecule has 0 N–H and O–H groups in total. The highest BCUT2D eigenvalue weighted by molar-refractivity contribution is 9.10. The molecule has 0 atom stereocenters. The van der Waals surface area contributed by atoms with Gasteiger partial charge in [-0.15, -0.1) is 0 Å². The Morgan fingerprint density at radius 3 is 2.88 bits per heavy atom. The van der Waals surface area contributed by atoms with Crippen LogP contribution < -0.4 is 5.56 Å². The van der Waals surface area contributed by atoms with E-state index in [1.165, 1.54) is 0 Å². The quantitative estimate of drug-likeness (QED) is 0.336. The summed E-state index contributed by atoms with van der Waals surface area (Å²) in [4.78, 5) is 17.6. The first-order chi connectivity index (χ1) is 11.7. The molecule has 1 heterocycles. The fourth-order valence-electron chi connectivity index (χ4n) is 2.32. The van der Waals surface area contributed by atoms with Gasteiger partial charge >= 0.3 is 0 Å². The standard InChI is InChI=1S/C17H23BrN2O3S/c1-3-23-10-4-8-20-16(21)14-12-13(18)6-7-15(14)19-17(20)24-11-5-9-22-2/h6-7,12H,3-5,8-11H2,1-2H3. The van der Waals surface area contributed by atoms with Gasteiger partial charge in [0.05, 0.1) is 10.9 Å². The average Bonchev–Trinajstić information content (AvgIpc) is 2.58. The summed E-state index contributed by atoms with van der Waals surface area (Å²) in [6.45, 7) is 4.63. The van der Waals surface area contributed by atoms with Gasteiger partial charge in [0.1, 0.15) is 0 Å². The van der Waals surface area contributed by atoms with E-state index in [4.69, 9.17) is 14.5 Å². The number of rotatable bonds is 10. The molecule has 0 bridgehead atoms. The van der Waals surface area contributed by atoms with Gasteiger partial charge < -0.3 is 9.47 Å². The number of hydrogen-bond acceptors (Lipinski definition) is 5. The van der Waals surface area contributed by atoms with Crippen molar-refractivity contribution in [2.45, 2.75) is 31.5 Å². The van der Waals surface area contributed by atoms with Crippen LogP contribution in [-0.2, 0) is 16.0 Å². The van der Waals surface area contributed by atoms with Crippen molar-refractivity contribution in [2.75, 3.05) is 32.7 Å². The van der Waals surface area contributed by atoms with Crippen molar-refractivity contribution < 1.29 is 9.47 Å². The summed E-state index contributed by atoms with van der Waals surface area (Å²) in [5.74, 6) is 0.869. The lowest BCUT2D eigenvalue weighted by Gasteiger charge is -2.13. The summed E-state index contributed by atoms with van der Waals surface area (Å²) < 4.78 is 13.1. The summed E-state index contributed by atoms with van der Waals surface area (Å²) >= 11 is 5.03. The largest absolute Gasteiger partial charge is 0.385 e. The van der Waals surface area contributed by atoms with Crippen molar-refractivity contribution in [2.24, 2.45) is 0 Å². The highest BCUT2D eigenvalue weighted by Crippen LogP contribution is 2.21. The van der Waals surface area contributed by atoms with Gasteiger partial charge in [-0.2, -0.15) is 0 Å². The molecule has 132 valence electrons. The van der Waals surface area contributed by atoms with E-state index < -0.39 is 0 Å². The molecule has 0 aliphatic heterocycles. The lowest BCUT2D eigenvalue weighted by Crippen LogP contribution is -2.24. The van der Waals surface area contributed by atoms with E-state index in [-0.39, 0.29) is 5.56 Å². The molecule has 0 fully saturated rings. The molecule has 1 aromatic carbocycles. The predicted octanol–water partition coefficient (Wildman–Crippen LogP) is 3.71. The van der Waals surface area contributed by atoms with Gasteiger partial charge in [0.15, 0.2) is 5.16 Å². The number of benzene rings is 1. The third kappa shape index (κ3) is 5.31. The van der Waals surface area contributed by atoms with Crippen LogP contribution in [0.25, 0.3) is 10.9 Å². The lowest BCUT2D eigenvalue weighted by molar-refractivity contribution is 0.140. The molecule has 0 unspecified atom stereocenters.